The molecule has 0 bridgehead atoms. The first-order valence-electron chi connectivity index (χ1n) is 3.06. The molecule has 1 aromatic heterocycles. The van der Waals surface area contributed by atoms with Crippen molar-refractivity contribution in [1.29, 1.82) is 0 Å². The van der Waals surface area contributed by atoms with Crippen LogP contribution in [0.1, 0.15) is 0 Å². The maximum Gasteiger partial charge on any atom is 0.458 e. The molecule has 1 heterocycles. The van der Waals surface area contributed by atoms with Crippen LogP contribution in [0.15, 0.2) is 12.1 Å². The van der Waals surface area contributed by atoms with Crippen molar-refractivity contribution in [3.05, 3.63) is 12.1 Å². The molecule has 1 aromatic rings. The predicted molar refractivity (Wildman–Crippen MR) is 47.2 cm³/mol. The van der Waals surface area contributed by atoms with Crippen LogP contribution in [0.5, 0.6) is 0 Å². The fourth-order valence-corrected chi connectivity index (χ4v) is 1.90. The molecule has 0 atom stereocenters. The highest BCUT2D eigenvalue weighted by atomic mass is 31.2. The van der Waals surface area contributed by atoms with Gasteiger partial charge in [0.1, 0.15) is 0 Å². The van der Waals surface area contributed by atoms with Crippen molar-refractivity contribution in [2.45, 2.75) is 0 Å². The molecular formula is C4H9NO6P2+2. The van der Waals surface area contributed by atoms with Gasteiger partial charge in [0.2, 0.25) is 0 Å². The topological polar surface area (TPSA) is 137 Å². The molecule has 0 aliphatic rings. The Morgan fingerprint density at radius 1 is 0.769 bits per heavy atom. The number of rotatable bonds is 2. The molecule has 0 aliphatic carbocycles. The molecule has 0 saturated carbocycles. The molecule has 13 heavy (non-hydrogen) atoms. The number of nitrogens with one attached hydrogen (secondary N) is 1. The second-order valence-corrected chi connectivity index (χ2v) is 5.60. The van der Waals surface area contributed by atoms with Crippen LogP contribution in [0, 0.1) is 0 Å². The largest absolute Gasteiger partial charge is 0.458 e. The lowest BCUT2D eigenvalue weighted by Crippen LogP contribution is -2.17. The smallest absolute Gasteiger partial charge is 0.284 e. The average molecular weight is 229 g/mol. The lowest BCUT2D eigenvalue weighted by Gasteiger charge is -2.00. The minimum Gasteiger partial charge on any atom is -0.284 e. The normalized spacial score (nSPS) is 13.4. The van der Waals surface area contributed by atoms with E-state index >= 15 is 0 Å². The number of hydrogen-bond acceptors (Lipinski definition) is 6. The van der Waals surface area contributed by atoms with Gasteiger partial charge in [0.25, 0.3) is 10.9 Å². The molecule has 7 N–H and O–H groups in total. The summed E-state index contributed by atoms with van der Waals surface area (Å²) in [7, 11) is -8.38. The van der Waals surface area contributed by atoms with Crippen LogP contribution < -0.4 is 10.9 Å². The highest BCUT2D eigenvalue weighted by Crippen LogP contribution is 2.45. The molecule has 0 amide bonds. The Kier molecular flexibility index (Phi) is 2.73. The Bertz CT molecular complexity index is 270. The van der Waals surface area contributed by atoms with Crippen LogP contribution in [-0.4, -0.2) is 34.3 Å². The molecule has 1 rings (SSSR count). The van der Waals surface area contributed by atoms with E-state index in [1.807, 2.05) is 0 Å². The van der Waals surface area contributed by atoms with E-state index in [9.17, 15) is 0 Å². The molecule has 0 saturated heterocycles. The second-order valence-electron chi connectivity index (χ2n) is 2.37. The summed E-state index contributed by atoms with van der Waals surface area (Å²) >= 11 is 0. The van der Waals surface area contributed by atoms with Gasteiger partial charge in [-0.15, -0.1) is 0 Å². The van der Waals surface area contributed by atoms with E-state index < -0.39 is 15.9 Å². The SMILES string of the molecule is O[P+](O)(O)c1ccc([P+](O)(O)O)[nH]1. The molecule has 0 radical (unpaired) electrons. The molecule has 9 heteroatoms. The van der Waals surface area contributed by atoms with E-state index in [1.165, 1.54) is 0 Å². The third-order valence-corrected chi connectivity index (χ3v) is 3.12. The van der Waals surface area contributed by atoms with E-state index in [1.54, 1.807) is 0 Å². The quantitative estimate of drug-likeness (QED) is 0.286. The summed E-state index contributed by atoms with van der Waals surface area (Å²) < 4.78 is 0. The van der Waals surface area contributed by atoms with E-state index in [0.717, 1.165) is 12.1 Å². The van der Waals surface area contributed by atoms with Gasteiger partial charge in [-0.25, -0.2) is 0 Å². The summed E-state index contributed by atoms with van der Waals surface area (Å²) in [6.45, 7) is 0. The van der Waals surface area contributed by atoms with Crippen molar-refractivity contribution < 1.29 is 29.4 Å². The zero-order valence-electron chi connectivity index (χ0n) is 6.23. The third-order valence-electron chi connectivity index (χ3n) is 1.30. The lowest BCUT2D eigenvalue weighted by molar-refractivity contribution is 0.346. The first-order chi connectivity index (χ1) is 5.71. The molecule has 7 nitrogen and oxygen atoms in total. The van der Waals surface area contributed by atoms with Crippen molar-refractivity contribution in [3.63, 3.8) is 0 Å². The van der Waals surface area contributed by atoms with Gasteiger partial charge in [-0.3, -0.25) is 4.98 Å². The molecule has 0 aromatic carbocycles. The van der Waals surface area contributed by atoms with Crippen LogP contribution >= 0.6 is 15.9 Å². The van der Waals surface area contributed by atoms with Gasteiger partial charge in [-0.1, -0.05) is 0 Å². The van der Waals surface area contributed by atoms with Crippen LogP contribution in [0.2, 0.25) is 0 Å². The Balaban J connectivity index is 3.01. The first-order valence-corrected chi connectivity index (χ1v) is 6.35. The standard InChI is InChI=1S/C4H9NO6P2/c6-12(7,8)3-1-2-4(5-3)13(9,10)11/h1-2,5-11H/q+2. The van der Waals surface area contributed by atoms with E-state index in [0.29, 0.717) is 0 Å². The van der Waals surface area contributed by atoms with Crippen LogP contribution in [0.3, 0.4) is 0 Å². The molecule has 74 valence electrons. The van der Waals surface area contributed by atoms with E-state index in [4.69, 9.17) is 29.4 Å². The van der Waals surface area contributed by atoms with Gasteiger partial charge in [0, 0.05) is 12.1 Å². The monoisotopic (exact) mass is 229 g/mol. The Morgan fingerprint density at radius 2 is 1.08 bits per heavy atom. The first kappa shape index (κ1) is 11.0. The van der Waals surface area contributed by atoms with Gasteiger partial charge < -0.3 is 0 Å². The van der Waals surface area contributed by atoms with Crippen molar-refractivity contribution in [3.8, 4) is 0 Å². The van der Waals surface area contributed by atoms with Crippen molar-refractivity contribution >= 4 is 26.8 Å². The fraction of sp³-hybridized carbons (Fsp3) is 0. The predicted octanol–water partition coefficient (Wildman–Crippen LogP) is -2.26. The fourth-order valence-electron chi connectivity index (χ4n) is 0.722. The summed E-state index contributed by atoms with van der Waals surface area (Å²) in [6, 6.07) is 2.08. The van der Waals surface area contributed by atoms with Crippen LogP contribution in [-0.2, 0) is 0 Å². The van der Waals surface area contributed by atoms with Crippen molar-refractivity contribution in [2.24, 2.45) is 0 Å². The molecule has 0 fully saturated rings. The summed E-state index contributed by atoms with van der Waals surface area (Å²) in [5.41, 5.74) is -0.715. The molecule has 0 aliphatic heterocycles. The molecule has 0 unspecified atom stereocenters. The number of hydrogen-bond donors (Lipinski definition) is 7. The van der Waals surface area contributed by atoms with Crippen molar-refractivity contribution in [1.82, 2.24) is 4.98 Å². The second kappa shape index (κ2) is 3.24. The summed E-state index contributed by atoms with van der Waals surface area (Å²) in [6.07, 6.45) is 0. The van der Waals surface area contributed by atoms with Crippen LogP contribution in [0.4, 0.5) is 0 Å². The summed E-state index contributed by atoms with van der Waals surface area (Å²) in [5.74, 6) is 0. The number of aromatic amines is 1. The van der Waals surface area contributed by atoms with Crippen molar-refractivity contribution in [2.75, 3.05) is 0 Å². The maximum absolute atomic E-state index is 8.73. The Hall–Kier alpha value is -0.100. The molecule has 0 spiro atoms. The average Bonchev–Trinajstić information content (AvgIpc) is 2.28. The van der Waals surface area contributed by atoms with E-state index in [2.05, 4.69) is 4.98 Å². The zero-order chi connectivity index (χ0) is 10.3. The third kappa shape index (κ3) is 2.67. The van der Waals surface area contributed by atoms with Crippen LogP contribution in [0.25, 0.3) is 0 Å². The lowest BCUT2D eigenvalue weighted by atomic mass is 10.7. The minimum atomic E-state index is -4.19. The highest BCUT2D eigenvalue weighted by molar-refractivity contribution is 7.67. The number of aromatic nitrogens is 1. The Labute approximate surface area is 74.1 Å². The number of H-pyrrole nitrogens is 1. The highest BCUT2D eigenvalue weighted by Gasteiger charge is 2.42. The summed E-state index contributed by atoms with van der Waals surface area (Å²) in [4.78, 5) is 54.5. The zero-order valence-corrected chi connectivity index (χ0v) is 8.02. The van der Waals surface area contributed by atoms with Gasteiger partial charge in [-0.05, 0) is 0 Å². The molecular weight excluding hydrogens is 220 g/mol. The minimum absolute atomic E-state index is 0.357. The van der Waals surface area contributed by atoms with Gasteiger partial charge in [-0.2, -0.15) is 29.4 Å². The van der Waals surface area contributed by atoms with E-state index in [-0.39, 0.29) is 10.9 Å². The Morgan fingerprint density at radius 3 is 1.23 bits per heavy atom. The van der Waals surface area contributed by atoms with Gasteiger partial charge in [0.05, 0.1) is 0 Å². The maximum atomic E-state index is 8.73. The van der Waals surface area contributed by atoms with Gasteiger partial charge >= 0.3 is 15.9 Å². The summed E-state index contributed by atoms with van der Waals surface area (Å²) in [5, 5.41) is 0. The van der Waals surface area contributed by atoms with Gasteiger partial charge in [0.15, 0.2) is 0 Å².